The van der Waals surface area contributed by atoms with Gasteiger partial charge in [-0.15, -0.1) is 0 Å². The fourth-order valence-corrected chi connectivity index (χ4v) is 2.02. The van der Waals surface area contributed by atoms with Crippen molar-refractivity contribution in [3.63, 3.8) is 0 Å². The molecule has 0 aromatic carbocycles. The van der Waals surface area contributed by atoms with Gasteiger partial charge in [0.05, 0.1) is 4.48 Å². The van der Waals surface area contributed by atoms with Crippen LogP contribution in [-0.4, -0.2) is 18.0 Å². The number of hydrogen-bond acceptors (Lipinski definition) is 2. The van der Waals surface area contributed by atoms with Crippen molar-refractivity contribution >= 4 is 37.6 Å². The van der Waals surface area contributed by atoms with Crippen LogP contribution in [0.1, 0.15) is 0 Å². The zero-order valence-corrected chi connectivity index (χ0v) is 8.55. The smallest absolute Gasteiger partial charge is 0.203 e. The van der Waals surface area contributed by atoms with Gasteiger partial charge < -0.3 is 4.74 Å². The largest absolute Gasteiger partial charge is 0.353 e. The summed E-state index contributed by atoms with van der Waals surface area (Å²) in [6.07, 6.45) is 3.23. The highest BCUT2D eigenvalue weighted by atomic mass is 79.9. The maximum absolute atomic E-state index is 11.3. The van der Waals surface area contributed by atoms with Gasteiger partial charge >= 0.3 is 0 Å². The first-order valence-corrected chi connectivity index (χ1v) is 4.72. The highest BCUT2D eigenvalue weighted by Crippen LogP contribution is 2.35. The van der Waals surface area contributed by atoms with E-state index in [1.165, 1.54) is 0 Å². The van der Waals surface area contributed by atoms with E-state index in [1.54, 1.807) is 6.08 Å². The molecule has 2 bridgehead atoms. The minimum absolute atomic E-state index is 0.0122. The van der Waals surface area contributed by atoms with E-state index in [-0.39, 0.29) is 18.0 Å². The molecule has 2 aliphatic heterocycles. The molecule has 0 spiro atoms. The lowest BCUT2D eigenvalue weighted by Crippen LogP contribution is -2.28. The van der Waals surface area contributed by atoms with Gasteiger partial charge in [0, 0.05) is 4.48 Å². The van der Waals surface area contributed by atoms with Gasteiger partial charge in [0.15, 0.2) is 0 Å². The predicted molar refractivity (Wildman–Crippen MR) is 47.7 cm³/mol. The van der Waals surface area contributed by atoms with Gasteiger partial charge in [-0.25, -0.2) is 0 Å². The highest BCUT2D eigenvalue weighted by molar-refractivity contribution is 9.14. The van der Waals surface area contributed by atoms with E-state index in [4.69, 9.17) is 4.74 Å². The quantitative estimate of drug-likeness (QED) is 0.633. The van der Waals surface area contributed by atoms with Crippen LogP contribution in [0.5, 0.6) is 0 Å². The number of ketones is 1. The van der Waals surface area contributed by atoms with Gasteiger partial charge in [0.1, 0.15) is 12.2 Å². The van der Waals surface area contributed by atoms with Gasteiger partial charge in [-0.3, -0.25) is 4.79 Å². The van der Waals surface area contributed by atoms with Crippen LogP contribution in [0.25, 0.3) is 0 Å². The van der Waals surface area contributed by atoms with Crippen molar-refractivity contribution in [2.45, 2.75) is 12.2 Å². The Morgan fingerprint density at radius 1 is 1.27 bits per heavy atom. The average Bonchev–Trinajstić information content (AvgIpc) is 2.44. The van der Waals surface area contributed by atoms with E-state index in [0.717, 1.165) is 4.48 Å². The van der Waals surface area contributed by atoms with Crippen molar-refractivity contribution in [1.82, 2.24) is 0 Å². The van der Waals surface area contributed by atoms with E-state index in [1.807, 2.05) is 6.08 Å². The molecule has 0 N–H and O–H groups in total. The Morgan fingerprint density at radius 2 is 1.91 bits per heavy atom. The highest BCUT2D eigenvalue weighted by Gasteiger charge is 2.35. The van der Waals surface area contributed by atoms with Crippen LogP contribution in [0.15, 0.2) is 21.1 Å². The maximum Gasteiger partial charge on any atom is 0.203 e. The summed E-state index contributed by atoms with van der Waals surface area (Å²) in [6.45, 7) is 0. The SMILES string of the molecule is O=C1C(Br)=C(Br)C2C=CC1O2. The summed E-state index contributed by atoms with van der Waals surface area (Å²) in [4.78, 5) is 11.3. The lowest BCUT2D eigenvalue weighted by atomic mass is 10.2. The summed E-state index contributed by atoms with van der Waals surface area (Å²) >= 11 is 6.49. The molecule has 2 unspecified atom stereocenters. The summed E-state index contributed by atoms with van der Waals surface area (Å²) in [5.41, 5.74) is 0. The molecule has 2 rings (SSSR count). The van der Waals surface area contributed by atoms with E-state index < -0.39 is 0 Å². The maximum atomic E-state index is 11.3. The van der Waals surface area contributed by atoms with Crippen LogP contribution in [0.3, 0.4) is 0 Å². The molecule has 2 heterocycles. The molecule has 11 heavy (non-hydrogen) atoms. The Kier molecular flexibility index (Phi) is 1.78. The monoisotopic (exact) mass is 278 g/mol. The van der Waals surface area contributed by atoms with Crippen molar-refractivity contribution in [1.29, 1.82) is 0 Å². The van der Waals surface area contributed by atoms with Crippen LogP contribution in [0.4, 0.5) is 0 Å². The molecular formula is C7H4Br2O2. The van der Waals surface area contributed by atoms with Gasteiger partial charge in [-0.05, 0) is 22.0 Å². The second-order valence-electron chi connectivity index (χ2n) is 2.39. The third-order valence-corrected chi connectivity index (χ3v) is 3.89. The minimum Gasteiger partial charge on any atom is -0.353 e. The molecule has 0 aliphatic carbocycles. The molecule has 0 amide bonds. The summed E-state index contributed by atoms with van der Waals surface area (Å²) in [5.74, 6) is -0.0122. The first-order chi connectivity index (χ1) is 5.20. The Hall–Kier alpha value is 0.0700. The molecular weight excluding hydrogens is 276 g/mol. The Balaban J connectivity index is 2.49. The number of ether oxygens (including phenoxy) is 1. The Bertz CT molecular complexity index is 280. The molecule has 0 saturated carbocycles. The lowest BCUT2D eigenvalue weighted by molar-refractivity contribution is -0.124. The molecule has 0 saturated heterocycles. The second-order valence-corrected chi connectivity index (χ2v) is 4.04. The predicted octanol–water partition coefficient (Wildman–Crippen LogP) is 1.89. The number of fused-ring (bicyclic) bond motifs is 2. The van der Waals surface area contributed by atoms with E-state index in [2.05, 4.69) is 31.9 Å². The summed E-state index contributed by atoms with van der Waals surface area (Å²) < 4.78 is 6.68. The summed E-state index contributed by atoms with van der Waals surface area (Å²) in [7, 11) is 0. The van der Waals surface area contributed by atoms with Crippen molar-refractivity contribution in [2.24, 2.45) is 0 Å². The standard InChI is InChI=1S/C7H4Br2O2/c8-5-3-1-2-4(11-3)7(10)6(5)9/h1-4H. The molecule has 0 fully saturated rings. The van der Waals surface area contributed by atoms with E-state index in [0.29, 0.717) is 4.48 Å². The van der Waals surface area contributed by atoms with Crippen molar-refractivity contribution in [3.8, 4) is 0 Å². The van der Waals surface area contributed by atoms with Crippen LogP contribution >= 0.6 is 31.9 Å². The van der Waals surface area contributed by atoms with Gasteiger partial charge in [0.2, 0.25) is 5.78 Å². The van der Waals surface area contributed by atoms with Gasteiger partial charge in [0.25, 0.3) is 0 Å². The lowest BCUT2D eigenvalue weighted by Gasteiger charge is -2.19. The van der Waals surface area contributed by atoms with Gasteiger partial charge in [-0.1, -0.05) is 22.0 Å². The number of hydrogen-bond donors (Lipinski definition) is 0. The first-order valence-electron chi connectivity index (χ1n) is 3.13. The van der Waals surface area contributed by atoms with Crippen LogP contribution in [-0.2, 0) is 9.53 Å². The zero-order valence-electron chi connectivity index (χ0n) is 5.38. The average molecular weight is 280 g/mol. The van der Waals surface area contributed by atoms with Crippen LogP contribution < -0.4 is 0 Å². The molecule has 2 atom stereocenters. The Morgan fingerprint density at radius 3 is 2.64 bits per heavy atom. The van der Waals surface area contributed by atoms with Crippen LogP contribution in [0, 0.1) is 0 Å². The van der Waals surface area contributed by atoms with Crippen LogP contribution in [0.2, 0.25) is 0 Å². The van der Waals surface area contributed by atoms with Gasteiger partial charge in [-0.2, -0.15) is 0 Å². The molecule has 4 heteroatoms. The van der Waals surface area contributed by atoms with Crippen molar-refractivity contribution in [3.05, 3.63) is 21.1 Å². The Labute approximate surface area is 80.5 Å². The topological polar surface area (TPSA) is 26.3 Å². The molecule has 0 aromatic heterocycles. The molecule has 2 nitrogen and oxygen atoms in total. The minimum atomic E-state index is -0.365. The van der Waals surface area contributed by atoms with Crippen molar-refractivity contribution < 1.29 is 9.53 Å². The summed E-state index contributed by atoms with van der Waals surface area (Å²) in [5, 5.41) is 0. The fraction of sp³-hybridized carbons (Fsp3) is 0.286. The second kappa shape index (κ2) is 2.54. The number of carbonyl (C=O) groups is 1. The third-order valence-electron chi connectivity index (χ3n) is 1.69. The molecule has 0 radical (unpaired) electrons. The molecule has 58 valence electrons. The fourth-order valence-electron chi connectivity index (χ4n) is 1.11. The zero-order chi connectivity index (χ0) is 8.01. The number of carbonyl (C=O) groups excluding carboxylic acids is 1. The van der Waals surface area contributed by atoms with E-state index in [9.17, 15) is 4.79 Å². The number of halogens is 2. The number of rotatable bonds is 0. The summed E-state index contributed by atoms with van der Waals surface area (Å²) in [6, 6.07) is 0. The molecule has 0 aromatic rings. The third kappa shape index (κ3) is 1.04. The normalized spacial score (nSPS) is 35.3. The number of Topliss-reactive ketones (excluding diaryl/α,β-unsaturated/α-hetero) is 1. The van der Waals surface area contributed by atoms with Crippen molar-refractivity contribution in [2.75, 3.05) is 0 Å². The van der Waals surface area contributed by atoms with E-state index >= 15 is 0 Å². The molecule has 2 aliphatic rings. The first kappa shape index (κ1) is 7.71.